The molecule has 1 unspecified atom stereocenters. The molecule has 1 amide bonds. The van der Waals surface area contributed by atoms with Crippen molar-refractivity contribution < 1.29 is 4.79 Å². The van der Waals surface area contributed by atoms with Gasteiger partial charge in [0, 0.05) is 37.6 Å². The van der Waals surface area contributed by atoms with Gasteiger partial charge in [-0.05, 0) is 19.4 Å². The molecule has 2 aromatic heterocycles. The fourth-order valence-electron chi connectivity index (χ4n) is 2.00. The smallest absolute Gasteiger partial charge is 0.271 e. The number of nitrogens with zero attached hydrogens (tertiary/aromatic N) is 4. The van der Waals surface area contributed by atoms with Gasteiger partial charge in [-0.3, -0.25) is 9.59 Å². The molecular weight excluding hydrogens is 270 g/mol. The molecule has 0 saturated heterocycles. The highest BCUT2D eigenvalue weighted by atomic mass is 16.2. The summed E-state index contributed by atoms with van der Waals surface area (Å²) in [6.45, 7) is 4.99. The molecule has 0 aliphatic carbocycles. The van der Waals surface area contributed by atoms with Crippen LogP contribution < -0.4 is 10.9 Å². The summed E-state index contributed by atoms with van der Waals surface area (Å²) in [5, 5.41) is 6.94. The summed E-state index contributed by atoms with van der Waals surface area (Å²) in [4.78, 5) is 27.7. The summed E-state index contributed by atoms with van der Waals surface area (Å²) in [6.07, 6.45) is 6.01. The molecule has 0 aliphatic rings. The quantitative estimate of drug-likeness (QED) is 0.847. The van der Waals surface area contributed by atoms with E-state index in [0.717, 1.165) is 6.42 Å². The van der Waals surface area contributed by atoms with Gasteiger partial charge < -0.3 is 9.88 Å². The van der Waals surface area contributed by atoms with Crippen LogP contribution in [0.1, 0.15) is 30.8 Å². The highest BCUT2D eigenvalue weighted by Gasteiger charge is 2.12. The van der Waals surface area contributed by atoms with Crippen molar-refractivity contribution in [2.45, 2.75) is 39.4 Å². The minimum atomic E-state index is -0.285. The Morgan fingerprint density at radius 1 is 1.43 bits per heavy atom. The van der Waals surface area contributed by atoms with Crippen molar-refractivity contribution in [2.75, 3.05) is 0 Å². The van der Waals surface area contributed by atoms with Crippen LogP contribution in [0.15, 0.2) is 35.6 Å². The number of hydrogen-bond donors (Lipinski definition) is 1. The molecular formula is C14H19N5O2. The predicted octanol–water partition coefficient (Wildman–Crippen LogP) is 0.668. The average Bonchev–Trinajstić information content (AvgIpc) is 2.94. The van der Waals surface area contributed by atoms with Gasteiger partial charge in [0.2, 0.25) is 0 Å². The molecule has 0 radical (unpaired) electrons. The van der Waals surface area contributed by atoms with Gasteiger partial charge in [-0.1, -0.05) is 6.92 Å². The van der Waals surface area contributed by atoms with Crippen molar-refractivity contribution in [1.29, 1.82) is 0 Å². The Bertz CT molecular complexity index is 648. The lowest BCUT2D eigenvalue weighted by Crippen LogP contribution is -2.37. The molecule has 0 bridgehead atoms. The molecule has 0 fully saturated rings. The minimum absolute atomic E-state index is 0.0694. The second-order valence-corrected chi connectivity index (χ2v) is 4.91. The molecule has 21 heavy (non-hydrogen) atoms. The van der Waals surface area contributed by atoms with E-state index in [1.807, 2.05) is 24.6 Å². The van der Waals surface area contributed by atoms with E-state index in [1.165, 1.54) is 16.8 Å². The van der Waals surface area contributed by atoms with Crippen LogP contribution in [-0.2, 0) is 13.1 Å². The molecule has 0 aromatic carbocycles. The summed E-state index contributed by atoms with van der Waals surface area (Å²) >= 11 is 0. The lowest BCUT2D eigenvalue weighted by Gasteiger charge is -2.14. The number of carbonyl (C=O) groups is 1. The third-order valence-electron chi connectivity index (χ3n) is 2.96. The molecule has 2 heterocycles. The van der Waals surface area contributed by atoms with Crippen molar-refractivity contribution in [2.24, 2.45) is 0 Å². The Morgan fingerprint density at radius 2 is 2.24 bits per heavy atom. The lowest BCUT2D eigenvalue weighted by molar-refractivity contribution is 0.0929. The molecule has 7 heteroatoms. The van der Waals surface area contributed by atoms with Crippen LogP contribution >= 0.6 is 0 Å². The number of imidazole rings is 1. The second kappa shape index (κ2) is 6.83. The van der Waals surface area contributed by atoms with E-state index in [4.69, 9.17) is 0 Å². The van der Waals surface area contributed by atoms with E-state index in [0.29, 0.717) is 13.1 Å². The zero-order valence-corrected chi connectivity index (χ0v) is 12.2. The van der Waals surface area contributed by atoms with E-state index < -0.39 is 0 Å². The first-order valence-corrected chi connectivity index (χ1v) is 6.95. The van der Waals surface area contributed by atoms with E-state index >= 15 is 0 Å². The third kappa shape index (κ3) is 4.01. The molecule has 112 valence electrons. The maximum atomic E-state index is 12.1. The van der Waals surface area contributed by atoms with E-state index in [9.17, 15) is 9.59 Å². The van der Waals surface area contributed by atoms with Crippen LogP contribution in [0.25, 0.3) is 0 Å². The maximum absolute atomic E-state index is 12.1. The number of rotatable bonds is 6. The van der Waals surface area contributed by atoms with Gasteiger partial charge in [-0.25, -0.2) is 9.67 Å². The van der Waals surface area contributed by atoms with Gasteiger partial charge in [0.1, 0.15) is 5.69 Å². The number of nitrogens with one attached hydrogen (secondary N) is 1. The van der Waals surface area contributed by atoms with Gasteiger partial charge in [-0.15, -0.1) is 0 Å². The Balaban J connectivity index is 2.02. The van der Waals surface area contributed by atoms with Crippen molar-refractivity contribution in [3.8, 4) is 0 Å². The lowest BCUT2D eigenvalue weighted by atomic mass is 10.3. The second-order valence-electron chi connectivity index (χ2n) is 4.91. The fourth-order valence-corrected chi connectivity index (χ4v) is 2.00. The standard InChI is InChI=1S/C14H19N5O2/c1-3-7-19-13(20)5-4-12(17-19)14(21)16-11(2)9-18-8-6-15-10-18/h4-6,8,10-11H,3,7,9H2,1-2H3,(H,16,21). The molecule has 0 spiro atoms. The van der Waals surface area contributed by atoms with Crippen LogP contribution in [0, 0.1) is 0 Å². The van der Waals surface area contributed by atoms with Crippen LogP contribution in [0.2, 0.25) is 0 Å². The molecule has 2 rings (SSSR count). The van der Waals surface area contributed by atoms with Gasteiger partial charge in [0.15, 0.2) is 0 Å². The molecule has 0 aliphatic heterocycles. The fraction of sp³-hybridized carbons (Fsp3) is 0.429. The predicted molar refractivity (Wildman–Crippen MR) is 77.9 cm³/mol. The number of hydrogen-bond acceptors (Lipinski definition) is 4. The number of amides is 1. The zero-order chi connectivity index (χ0) is 15.2. The summed E-state index contributed by atoms with van der Waals surface area (Å²) in [6, 6.07) is 2.76. The van der Waals surface area contributed by atoms with Crippen LogP contribution in [0.3, 0.4) is 0 Å². The summed E-state index contributed by atoms with van der Waals surface area (Å²) in [7, 11) is 0. The first-order valence-electron chi connectivity index (χ1n) is 6.95. The number of aromatic nitrogens is 4. The molecule has 7 nitrogen and oxygen atoms in total. The highest BCUT2D eigenvalue weighted by Crippen LogP contribution is 1.96. The summed E-state index contributed by atoms with van der Waals surface area (Å²) in [5.41, 5.74) is 0.0559. The van der Waals surface area contributed by atoms with Crippen LogP contribution in [-0.4, -0.2) is 31.3 Å². The van der Waals surface area contributed by atoms with Crippen molar-refractivity contribution in [3.05, 3.63) is 46.9 Å². The van der Waals surface area contributed by atoms with E-state index in [1.54, 1.807) is 12.5 Å². The van der Waals surface area contributed by atoms with Gasteiger partial charge in [0.25, 0.3) is 11.5 Å². The minimum Gasteiger partial charge on any atom is -0.346 e. The first-order chi connectivity index (χ1) is 10.1. The summed E-state index contributed by atoms with van der Waals surface area (Å²) < 4.78 is 3.20. The Labute approximate surface area is 122 Å². The van der Waals surface area contributed by atoms with Crippen LogP contribution in [0.5, 0.6) is 0 Å². The maximum Gasteiger partial charge on any atom is 0.271 e. The topological polar surface area (TPSA) is 81.8 Å². The molecule has 0 saturated carbocycles. The monoisotopic (exact) mass is 289 g/mol. The normalized spacial score (nSPS) is 12.1. The SMILES string of the molecule is CCCn1nc(C(=O)NC(C)Cn2ccnc2)ccc1=O. The Morgan fingerprint density at radius 3 is 2.90 bits per heavy atom. The third-order valence-corrected chi connectivity index (χ3v) is 2.96. The first kappa shape index (κ1) is 15.0. The summed E-state index contributed by atoms with van der Waals surface area (Å²) in [5.74, 6) is -0.285. The largest absolute Gasteiger partial charge is 0.346 e. The van der Waals surface area contributed by atoms with Gasteiger partial charge in [-0.2, -0.15) is 5.10 Å². The zero-order valence-electron chi connectivity index (χ0n) is 12.2. The van der Waals surface area contributed by atoms with Crippen molar-refractivity contribution in [1.82, 2.24) is 24.6 Å². The average molecular weight is 289 g/mol. The molecule has 1 N–H and O–H groups in total. The molecule has 1 atom stereocenters. The van der Waals surface area contributed by atoms with Gasteiger partial charge >= 0.3 is 0 Å². The number of carbonyl (C=O) groups excluding carboxylic acids is 1. The van der Waals surface area contributed by atoms with E-state index in [-0.39, 0.29) is 23.2 Å². The highest BCUT2D eigenvalue weighted by molar-refractivity contribution is 5.92. The van der Waals surface area contributed by atoms with Crippen molar-refractivity contribution >= 4 is 5.91 Å². The van der Waals surface area contributed by atoms with Crippen LogP contribution in [0.4, 0.5) is 0 Å². The Hall–Kier alpha value is -2.44. The van der Waals surface area contributed by atoms with Gasteiger partial charge in [0.05, 0.1) is 6.33 Å². The van der Waals surface area contributed by atoms with E-state index in [2.05, 4.69) is 15.4 Å². The number of aryl methyl sites for hydroxylation is 1. The van der Waals surface area contributed by atoms with Crippen molar-refractivity contribution in [3.63, 3.8) is 0 Å². The Kier molecular flexibility index (Phi) is 4.86. The molecule has 2 aromatic rings.